The minimum Gasteiger partial charge on any atom is -0.309 e. The minimum atomic E-state index is 1.12. The van der Waals surface area contributed by atoms with Gasteiger partial charge in [0.15, 0.2) is 0 Å². The molecule has 0 saturated heterocycles. The Kier molecular flexibility index (Phi) is 6.51. The molecular formula is C42H30N2. The van der Waals surface area contributed by atoms with E-state index in [0.29, 0.717) is 0 Å². The van der Waals surface area contributed by atoms with Crippen molar-refractivity contribution in [3.63, 3.8) is 0 Å². The summed E-state index contributed by atoms with van der Waals surface area (Å²) < 4.78 is 0. The lowest BCUT2D eigenvalue weighted by Crippen LogP contribution is -2.14. The monoisotopic (exact) mass is 562 g/mol. The van der Waals surface area contributed by atoms with Crippen LogP contribution in [0.4, 0.5) is 34.1 Å². The van der Waals surface area contributed by atoms with E-state index >= 15 is 0 Å². The second-order valence-corrected chi connectivity index (χ2v) is 11.0. The Labute approximate surface area is 257 Å². The highest BCUT2D eigenvalue weighted by Crippen LogP contribution is 2.52. The van der Waals surface area contributed by atoms with E-state index in [2.05, 4.69) is 192 Å². The fourth-order valence-electron chi connectivity index (χ4n) is 6.50. The zero-order valence-corrected chi connectivity index (χ0v) is 24.2. The molecule has 8 aromatic carbocycles. The Bertz CT molecular complexity index is 2130. The molecule has 0 N–H and O–H groups in total. The number of fused-ring (bicyclic) bond motifs is 4. The summed E-state index contributed by atoms with van der Waals surface area (Å²) in [6, 6.07) is 65.1. The van der Waals surface area contributed by atoms with Gasteiger partial charge in [0.05, 0.1) is 11.4 Å². The predicted molar refractivity (Wildman–Crippen MR) is 188 cm³/mol. The van der Waals surface area contributed by atoms with Crippen LogP contribution in [0.5, 0.6) is 0 Å². The van der Waals surface area contributed by atoms with E-state index in [1.807, 2.05) is 0 Å². The molecule has 44 heavy (non-hydrogen) atoms. The predicted octanol–water partition coefficient (Wildman–Crippen LogP) is 12.1. The highest BCUT2D eigenvalue weighted by Gasteiger charge is 2.26. The van der Waals surface area contributed by atoms with Crippen LogP contribution in [0.25, 0.3) is 32.3 Å². The van der Waals surface area contributed by atoms with Crippen molar-refractivity contribution in [3.05, 3.63) is 182 Å². The van der Waals surface area contributed by atoms with E-state index in [1.165, 1.54) is 43.7 Å². The minimum absolute atomic E-state index is 1.12. The molecule has 2 nitrogen and oxygen atoms in total. The normalized spacial score (nSPS) is 11.2. The van der Waals surface area contributed by atoms with E-state index in [4.69, 9.17) is 0 Å². The maximum Gasteiger partial charge on any atom is 0.0626 e. The van der Waals surface area contributed by atoms with Crippen molar-refractivity contribution in [2.45, 2.75) is 0 Å². The highest BCUT2D eigenvalue weighted by molar-refractivity contribution is 6.29. The Morgan fingerprint density at radius 2 is 0.614 bits per heavy atom. The van der Waals surface area contributed by atoms with Gasteiger partial charge < -0.3 is 9.80 Å². The lowest BCUT2D eigenvalue weighted by molar-refractivity contribution is 1.30. The Hall–Kier alpha value is -5.86. The molecule has 0 heterocycles. The summed E-state index contributed by atoms with van der Waals surface area (Å²) in [7, 11) is 0. The van der Waals surface area contributed by atoms with Gasteiger partial charge in [0.2, 0.25) is 0 Å². The van der Waals surface area contributed by atoms with Crippen LogP contribution in [0.2, 0.25) is 0 Å². The summed E-state index contributed by atoms with van der Waals surface area (Å²) in [6.45, 7) is 0. The number of hydrogen-bond acceptors (Lipinski definition) is 2. The van der Waals surface area contributed by atoms with Crippen LogP contribution in [0.3, 0.4) is 0 Å². The van der Waals surface area contributed by atoms with Gasteiger partial charge in [-0.3, -0.25) is 0 Å². The largest absolute Gasteiger partial charge is 0.309 e. The molecule has 8 aromatic rings. The van der Waals surface area contributed by atoms with Crippen molar-refractivity contribution < 1.29 is 0 Å². The molecule has 0 aliphatic rings. The molecule has 0 saturated carbocycles. The molecule has 8 rings (SSSR count). The maximum absolute atomic E-state index is 2.43. The van der Waals surface area contributed by atoms with Crippen LogP contribution in [-0.2, 0) is 0 Å². The van der Waals surface area contributed by atoms with Gasteiger partial charge in [0.1, 0.15) is 0 Å². The molecule has 0 atom stereocenters. The molecule has 0 aromatic heterocycles. The van der Waals surface area contributed by atoms with Crippen LogP contribution < -0.4 is 9.80 Å². The first kappa shape index (κ1) is 25.8. The van der Waals surface area contributed by atoms with Crippen molar-refractivity contribution in [1.29, 1.82) is 0 Å². The standard InChI is InChI=1S/C42H30N2/c1-5-18-32(19-6-1)43(33-20-7-2-8-21-33)41-37-27-15-16-28-38(37)42(40-36-26-14-13-17-31(36)29-30-39(40)41)44(34-22-9-3-10-23-34)35-24-11-4-12-25-35/h1-30H. The first-order valence-electron chi connectivity index (χ1n) is 15.0. The van der Waals surface area contributed by atoms with E-state index in [0.717, 1.165) is 22.7 Å². The SMILES string of the molecule is c1ccc(N(c2ccccc2)c2c3ccccc3c(N(c3ccccc3)c3ccccc3)c3c2ccc2ccccc23)cc1. The van der Waals surface area contributed by atoms with Gasteiger partial charge in [-0.1, -0.05) is 133 Å². The molecule has 0 amide bonds. The summed E-state index contributed by atoms with van der Waals surface area (Å²) in [5, 5.41) is 7.24. The fourth-order valence-corrected chi connectivity index (χ4v) is 6.50. The van der Waals surface area contributed by atoms with Gasteiger partial charge in [-0.2, -0.15) is 0 Å². The highest BCUT2D eigenvalue weighted by atomic mass is 15.2. The molecule has 208 valence electrons. The van der Waals surface area contributed by atoms with E-state index in [-0.39, 0.29) is 0 Å². The van der Waals surface area contributed by atoms with Crippen molar-refractivity contribution in [3.8, 4) is 0 Å². The van der Waals surface area contributed by atoms with Crippen LogP contribution in [0.1, 0.15) is 0 Å². The van der Waals surface area contributed by atoms with Gasteiger partial charge in [-0.25, -0.2) is 0 Å². The maximum atomic E-state index is 2.43. The van der Waals surface area contributed by atoms with Crippen molar-refractivity contribution >= 4 is 66.4 Å². The molecule has 0 bridgehead atoms. The molecule has 0 aliphatic heterocycles. The summed E-state index contributed by atoms with van der Waals surface area (Å²) in [4.78, 5) is 4.84. The van der Waals surface area contributed by atoms with Gasteiger partial charge in [0.25, 0.3) is 0 Å². The smallest absolute Gasteiger partial charge is 0.0626 e. The molecular weight excluding hydrogens is 532 g/mol. The summed E-state index contributed by atoms with van der Waals surface area (Å²) >= 11 is 0. The topological polar surface area (TPSA) is 6.48 Å². The number of nitrogens with zero attached hydrogens (tertiary/aromatic N) is 2. The lowest BCUT2D eigenvalue weighted by atomic mass is 9.92. The molecule has 2 heteroatoms. The third-order valence-electron chi connectivity index (χ3n) is 8.36. The first-order chi connectivity index (χ1) is 21.9. The number of hydrogen-bond donors (Lipinski definition) is 0. The number of benzene rings is 8. The van der Waals surface area contributed by atoms with Gasteiger partial charge >= 0.3 is 0 Å². The lowest BCUT2D eigenvalue weighted by Gasteiger charge is -2.33. The second-order valence-electron chi connectivity index (χ2n) is 11.0. The molecule has 0 aliphatic carbocycles. The van der Waals surface area contributed by atoms with Crippen LogP contribution in [0.15, 0.2) is 182 Å². The Morgan fingerprint density at radius 1 is 0.250 bits per heavy atom. The summed E-state index contributed by atoms with van der Waals surface area (Å²) in [6.07, 6.45) is 0. The Balaban J connectivity index is 1.59. The number of rotatable bonds is 6. The van der Waals surface area contributed by atoms with Crippen LogP contribution in [0, 0.1) is 0 Å². The number of anilines is 6. The molecule has 0 spiro atoms. The molecule has 0 fully saturated rings. The zero-order valence-electron chi connectivity index (χ0n) is 24.2. The van der Waals surface area contributed by atoms with Gasteiger partial charge in [0, 0.05) is 44.3 Å². The average molecular weight is 563 g/mol. The third kappa shape index (κ3) is 4.36. The van der Waals surface area contributed by atoms with Crippen molar-refractivity contribution in [2.75, 3.05) is 9.80 Å². The quantitative estimate of drug-likeness (QED) is 0.113. The van der Waals surface area contributed by atoms with E-state index < -0.39 is 0 Å². The molecule has 0 unspecified atom stereocenters. The van der Waals surface area contributed by atoms with Gasteiger partial charge in [-0.05, 0) is 59.3 Å². The fraction of sp³-hybridized carbons (Fsp3) is 0. The van der Waals surface area contributed by atoms with Gasteiger partial charge in [-0.15, -0.1) is 0 Å². The van der Waals surface area contributed by atoms with Crippen molar-refractivity contribution in [2.24, 2.45) is 0 Å². The second kappa shape index (κ2) is 11.1. The van der Waals surface area contributed by atoms with Crippen LogP contribution >= 0.6 is 0 Å². The van der Waals surface area contributed by atoms with E-state index in [9.17, 15) is 0 Å². The average Bonchev–Trinajstić information content (AvgIpc) is 3.11. The third-order valence-corrected chi connectivity index (χ3v) is 8.36. The zero-order chi connectivity index (χ0) is 29.3. The molecule has 0 radical (unpaired) electrons. The van der Waals surface area contributed by atoms with E-state index in [1.54, 1.807) is 0 Å². The van der Waals surface area contributed by atoms with Crippen LogP contribution in [-0.4, -0.2) is 0 Å². The number of para-hydroxylation sites is 4. The summed E-state index contributed by atoms with van der Waals surface area (Å²) in [5.74, 6) is 0. The Morgan fingerprint density at radius 3 is 1.09 bits per heavy atom. The van der Waals surface area contributed by atoms with Crippen molar-refractivity contribution in [1.82, 2.24) is 0 Å². The summed E-state index contributed by atoms with van der Waals surface area (Å²) in [5.41, 5.74) is 6.82. The first-order valence-corrected chi connectivity index (χ1v) is 15.0.